The molecular weight excluding hydrogens is 489 g/mol. The summed E-state index contributed by atoms with van der Waals surface area (Å²) in [6.45, 7) is 4.08. The number of hydrogen-bond acceptors (Lipinski definition) is 5. The number of carbonyl (C=O) groups excluding carboxylic acids is 1. The standard InChI is InChI=1S/C23H24IN5O/c1-16-14-21(29-12-3-2-4-13-29)28-23(25-16)27-20-10-8-19(9-11-20)26-22(30)17-6-5-7-18(24)15-17/h5-11,14-15H,2-4,12-13H2,1H3,(H,26,30)(H,25,27,28). The number of piperidine rings is 1. The second-order valence-corrected chi connectivity index (χ2v) is 8.65. The summed E-state index contributed by atoms with van der Waals surface area (Å²) in [6, 6.07) is 17.1. The molecule has 0 spiro atoms. The second-order valence-electron chi connectivity index (χ2n) is 7.41. The van der Waals surface area contributed by atoms with Crippen LogP contribution in [-0.4, -0.2) is 29.0 Å². The van der Waals surface area contributed by atoms with E-state index in [1.54, 1.807) is 0 Å². The summed E-state index contributed by atoms with van der Waals surface area (Å²) in [7, 11) is 0. The maximum Gasteiger partial charge on any atom is 0.255 e. The number of anilines is 4. The summed E-state index contributed by atoms with van der Waals surface area (Å²) < 4.78 is 1.03. The molecule has 2 heterocycles. The van der Waals surface area contributed by atoms with E-state index in [0.717, 1.165) is 39.5 Å². The van der Waals surface area contributed by atoms with Gasteiger partial charge in [-0.15, -0.1) is 0 Å². The SMILES string of the molecule is Cc1cc(N2CCCCC2)nc(Nc2ccc(NC(=O)c3cccc(I)c3)cc2)n1. The van der Waals surface area contributed by atoms with Gasteiger partial charge in [0.2, 0.25) is 5.95 Å². The van der Waals surface area contributed by atoms with Gasteiger partial charge in [-0.3, -0.25) is 4.79 Å². The van der Waals surface area contributed by atoms with Crippen LogP contribution in [0.2, 0.25) is 0 Å². The Morgan fingerprint density at radius 2 is 1.70 bits per heavy atom. The molecule has 3 aromatic rings. The first kappa shape index (κ1) is 20.6. The van der Waals surface area contributed by atoms with Crippen molar-refractivity contribution < 1.29 is 4.79 Å². The fourth-order valence-electron chi connectivity index (χ4n) is 3.49. The smallest absolute Gasteiger partial charge is 0.255 e. The van der Waals surface area contributed by atoms with Crippen molar-refractivity contribution in [2.75, 3.05) is 28.6 Å². The number of halogens is 1. The summed E-state index contributed by atoms with van der Waals surface area (Å²) in [5.41, 5.74) is 3.19. The number of nitrogens with one attached hydrogen (secondary N) is 2. The van der Waals surface area contributed by atoms with Crippen LogP contribution in [0.3, 0.4) is 0 Å². The number of amides is 1. The third kappa shape index (κ3) is 5.27. The van der Waals surface area contributed by atoms with Gasteiger partial charge in [0, 0.05) is 45.4 Å². The lowest BCUT2D eigenvalue weighted by Gasteiger charge is -2.28. The van der Waals surface area contributed by atoms with Gasteiger partial charge in [-0.25, -0.2) is 4.98 Å². The largest absolute Gasteiger partial charge is 0.356 e. The van der Waals surface area contributed by atoms with Crippen LogP contribution in [0.15, 0.2) is 54.6 Å². The van der Waals surface area contributed by atoms with Gasteiger partial charge in [0.1, 0.15) is 5.82 Å². The second kappa shape index (κ2) is 9.42. The van der Waals surface area contributed by atoms with Gasteiger partial charge in [-0.05, 0) is 91.2 Å². The van der Waals surface area contributed by atoms with Gasteiger partial charge in [-0.2, -0.15) is 4.98 Å². The van der Waals surface area contributed by atoms with E-state index in [1.165, 1.54) is 19.3 Å². The fraction of sp³-hybridized carbons (Fsp3) is 0.261. The van der Waals surface area contributed by atoms with Gasteiger partial charge >= 0.3 is 0 Å². The number of carbonyl (C=O) groups is 1. The van der Waals surface area contributed by atoms with Crippen molar-refractivity contribution in [3.63, 3.8) is 0 Å². The Morgan fingerprint density at radius 3 is 2.43 bits per heavy atom. The Kier molecular flexibility index (Phi) is 6.47. The minimum absolute atomic E-state index is 0.123. The molecule has 1 fully saturated rings. The summed E-state index contributed by atoms with van der Waals surface area (Å²) in [6.07, 6.45) is 3.71. The highest BCUT2D eigenvalue weighted by Gasteiger charge is 2.14. The topological polar surface area (TPSA) is 70.2 Å². The van der Waals surface area contributed by atoms with Crippen LogP contribution in [0.25, 0.3) is 0 Å². The molecule has 7 heteroatoms. The minimum atomic E-state index is -0.123. The molecule has 2 N–H and O–H groups in total. The molecule has 0 atom stereocenters. The first-order valence-corrected chi connectivity index (χ1v) is 11.2. The zero-order chi connectivity index (χ0) is 20.9. The molecule has 1 amide bonds. The van der Waals surface area contributed by atoms with Crippen molar-refractivity contribution >= 4 is 51.6 Å². The van der Waals surface area contributed by atoms with E-state index in [2.05, 4.69) is 43.1 Å². The predicted molar refractivity (Wildman–Crippen MR) is 130 cm³/mol. The van der Waals surface area contributed by atoms with Crippen molar-refractivity contribution in [2.45, 2.75) is 26.2 Å². The van der Waals surface area contributed by atoms with E-state index >= 15 is 0 Å². The van der Waals surface area contributed by atoms with Crippen molar-refractivity contribution in [3.05, 3.63) is 69.4 Å². The van der Waals surface area contributed by atoms with E-state index < -0.39 is 0 Å². The highest BCUT2D eigenvalue weighted by atomic mass is 127. The molecule has 0 aliphatic carbocycles. The molecule has 154 valence electrons. The average molecular weight is 513 g/mol. The van der Waals surface area contributed by atoms with E-state index in [0.29, 0.717) is 11.5 Å². The molecular formula is C23H24IN5O. The average Bonchev–Trinajstić information content (AvgIpc) is 2.75. The third-order valence-corrected chi connectivity index (χ3v) is 5.68. The van der Waals surface area contributed by atoms with Crippen LogP contribution < -0.4 is 15.5 Å². The van der Waals surface area contributed by atoms with E-state index in [-0.39, 0.29) is 5.91 Å². The highest BCUT2D eigenvalue weighted by Crippen LogP contribution is 2.22. The molecule has 1 aliphatic heterocycles. The van der Waals surface area contributed by atoms with Crippen molar-refractivity contribution in [1.82, 2.24) is 9.97 Å². The molecule has 0 saturated carbocycles. The fourth-order valence-corrected chi connectivity index (χ4v) is 4.03. The quantitative estimate of drug-likeness (QED) is 0.449. The van der Waals surface area contributed by atoms with Crippen LogP contribution in [0, 0.1) is 10.5 Å². The zero-order valence-corrected chi connectivity index (χ0v) is 19.0. The molecule has 2 aromatic carbocycles. The lowest BCUT2D eigenvalue weighted by Crippen LogP contribution is -2.30. The summed E-state index contributed by atoms with van der Waals surface area (Å²) in [5.74, 6) is 1.44. The molecule has 4 rings (SSSR count). The summed E-state index contributed by atoms with van der Waals surface area (Å²) >= 11 is 2.20. The van der Waals surface area contributed by atoms with Crippen LogP contribution in [-0.2, 0) is 0 Å². The molecule has 6 nitrogen and oxygen atoms in total. The predicted octanol–water partition coefficient (Wildman–Crippen LogP) is 5.38. The minimum Gasteiger partial charge on any atom is -0.356 e. The number of nitrogens with zero attached hydrogens (tertiary/aromatic N) is 3. The number of benzene rings is 2. The number of rotatable bonds is 5. The third-order valence-electron chi connectivity index (χ3n) is 5.01. The zero-order valence-electron chi connectivity index (χ0n) is 16.9. The van der Waals surface area contributed by atoms with Crippen molar-refractivity contribution in [2.24, 2.45) is 0 Å². The maximum atomic E-state index is 12.4. The molecule has 1 saturated heterocycles. The Hall–Kier alpha value is -2.68. The van der Waals surface area contributed by atoms with E-state index in [9.17, 15) is 4.79 Å². The Morgan fingerprint density at radius 1 is 0.967 bits per heavy atom. The normalized spacial score (nSPS) is 13.7. The van der Waals surface area contributed by atoms with Crippen LogP contribution >= 0.6 is 22.6 Å². The van der Waals surface area contributed by atoms with Gasteiger partial charge in [-0.1, -0.05) is 6.07 Å². The molecule has 0 radical (unpaired) electrons. The van der Waals surface area contributed by atoms with Crippen molar-refractivity contribution in [1.29, 1.82) is 0 Å². The molecule has 0 unspecified atom stereocenters. The maximum absolute atomic E-state index is 12.4. The summed E-state index contributed by atoms with van der Waals surface area (Å²) in [5, 5.41) is 6.21. The van der Waals surface area contributed by atoms with Gasteiger partial charge in [0.05, 0.1) is 0 Å². The highest BCUT2D eigenvalue weighted by molar-refractivity contribution is 14.1. The monoisotopic (exact) mass is 513 g/mol. The lowest BCUT2D eigenvalue weighted by atomic mass is 10.1. The number of hydrogen-bond donors (Lipinski definition) is 2. The van der Waals surface area contributed by atoms with Crippen LogP contribution in [0.1, 0.15) is 35.3 Å². The first-order chi connectivity index (χ1) is 14.6. The summed E-state index contributed by atoms with van der Waals surface area (Å²) in [4.78, 5) is 24.0. The van der Waals surface area contributed by atoms with Gasteiger partial charge < -0.3 is 15.5 Å². The number of aryl methyl sites for hydroxylation is 1. The molecule has 30 heavy (non-hydrogen) atoms. The van der Waals surface area contributed by atoms with Crippen LogP contribution in [0.4, 0.5) is 23.1 Å². The number of aromatic nitrogens is 2. The Bertz CT molecular complexity index is 1030. The van der Waals surface area contributed by atoms with Crippen molar-refractivity contribution in [3.8, 4) is 0 Å². The lowest BCUT2D eigenvalue weighted by molar-refractivity contribution is 0.102. The van der Waals surface area contributed by atoms with Gasteiger partial charge in [0.15, 0.2) is 0 Å². The Labute approximate surface area is 190 Å². The Balaban J connectivity index is 1.43. The van der Waals surface area contributed by atoms with E-state index in [1.807, 2.05) is 61.5 Å². The molecule has 1 aliphatic rings. The first-order valence-electron chi connectivity index (χ1n) is 10.1. The van der Waals surface area contributed by atoms with E-state index in [4.69, 9.17) is 4.98 Å². The molecule has 0 bridgehead atoms. The molecule has 1 aromatic heterocycles. The van der Waals surface area contributed by atoms with Crippen LogP contribution in [0.5, 0.6) is 0 Å². The van der Waals surface area contributed by atoms with Gasteiger partial charge in [0.25, 0.3) is 5.91 Å².